The van der Waals surface area contributed by atoms with E-state index in [2.05, 4.69) is 183 Å². The van der Waals surface area contributed by atoms with Gasteiger partial charge in [-0.2, -0.15) is 0 Å². The second-order valence-electron chi connectivity index (χ2n) is 14.4. The first kappa shape index (κ1) is 32.1. The van der Waals surface area contributed by atoms with Crippen LogP contribution in [-0.2, 0) is 5.41 Å². The molecular weight excluding hydrogens is 655 g/mol. The molecule has 0 bridgehead atoms. The fourth-order valence-electron chi connectivity index (χ4n) is 9.00. The predicted molar refractivity (Wildman–Crippen MR) is 227 cm³/mol. The highest BCUT2D eigenvalue weighted by atomic mass is 15.1. The molecule has 0 radical (unpaired) electrons. The summed E-state index contributed by atoms with van der Waals surface area (Å²) in [7, 11) is 0. The molecule has 0 spiro atoms. The van der Waals surface area contributed by atoms with Gasteiger partial charge in [-0.3, -0.25) is 0 Å². The lowest BCUT2D eigenvalue weighted by Crippen LogP contribution is -2.23. The van der Waals surface area contributed by atoms with Crippen molar-refractivity contribution in [2.75, 3.05) is 4.90 Å². The molecule has 8 aromatic carbocycles. The Bertz CT molecular complexity index is 2800. The van der Waals surface area contributed by atoms with Gasteiger partial charge in [0.25, 0.3) is 0 Å². The van der Waals surface area contributed by atoms with Gasteiger partial charge in [0.2, 0.25) is 0 Å². The number of rotatable bonds is 7. The highest BCUT2D eigenvalue weighted by Crippen LogP contribution is 2.53. The maximum atomic E-state index is 5.34. The van der Waals surface area contributed by atoms with Crippen LogP contribution in [0.5, 0.6) is 0 Å². The van der Waals surface area contributed by atoms with Crippen molar-refractivity contribution in [3.8, 4) is 33.6 Å². The molecule has 1 aliphatic rings. The Kier molecular flexibility index (Phi) is 7.62. The van der Waals surface area contributed by atoms with Gasteiger partial charge >= 0.3 is 0 Å². The molecule has 0 saturated carbocycles. The molecule has 10 rings (SSSR count). The Morgan fingerprint density at radius 2 is 0.963 bits per heavy atom. The van der Waals surface area contributed by atoms with Gasteiger partial charge in [0, 0.05) is 38.7 Å². The minimum absolute atomic E-state index is 0.0271. The average Bonchev–Trinajstić information content (AvgIpc) is 3.53. The first-order chi connectivity index (χ1) is 26.7. The molecule has 258 valence electrons. The summed E-state index contributed by atoms with van der Waals surface area (Å²) in [6.07, 6.45) is 2.08. The SMILES string of the molecule is CCC1(CC)c2ccccc2-c2ccc(-c3nc4ccccc4nc3-c3ccc(N(c4ccccc4)c4c5ccccc5cc5ccccc45)cc3)cc21. The van der Waals surface area contributed by atoms with Crippen LogP contribution in [0.25, 0.3) is 66.2 Å². The molecule has 9 aromatic rings. The third kappa shape index (κ3) is 4.96. The summed E-state index contributed by atoms with van der Waals surface area (Å²) in [4.78, 5) is 13.1. The van der Waals surface area contributed by atoms with Crippen LogP contribution in [0, 0.1) is 0 Å². The van der Waals surface area contributed by atoms with Crippen molar-refractivity contribution in [2.24, 2.45) is 0 Å². The molecule has 0 fully saturated rings. The molecule has 3 nitrogen and oxygen atoms in total. The van der Waals surface area contributed by atoms with Gasteiger partial charge < -0.3 is 4.90 Å². The smallest absolute Gasteiger partial charge is 0.0973 e. The zero-order chi connectivity index (χ0) is 36.2. The van der Waals surface area contributed by atoms with Gasteiger partial charge in [0.1, 0.15) is 0 Å². The summed E-state index contributed by atoms with van der Waals surface area (Å²) < 4.78 is 0. The van der Waals surface area contributed by atoms with Gasteiger partial charge in [-0.1, -0.05) is 141 Å². The number of hydrogen-bond donors (Lipinski definition) is 0. The van der Waals surface area contributed by atoms with E-state index in [1.807, 2.05) is 12.1 Å². The zero-order valence-corrected chi connectivity index (χ0v) is 30.5. The average molecular weight is 694 g/mol. The van der Waals surface area contributed by atoms with Gasteiger partial charge in [0.15, 0.2) is 0 Å². The van der Waals surface area contributed by atoms with E-state index in [1.54, 1.807) is 0 Å². The third-order valence-electron chi connectivity index (χ3n) is 11.7. The van der Waals surface area contributed by atoms with Crippen molar-refractivity contribution in [1.29, 1.82) is 0 Å². The molecule has 54 heavy (non-hydrogen) atoms. The number of hydrogen-bond acceptors (Lipinski definition) is 3. The second kappa shape index (κ2) is 12.8. The minimum atomic E-state index is -0.0271. The highest BCUT2D eigenvalue weighted by molar-refractivity contribution is 6.14. The Labute approximate surface area is 316 Å². The molecule has 0 aliphatic heterocycles. The molecule has 3 heteroatoms. The van der Waals surface area contributed by atoms with Crippen molar-refractivity contribution >= 4 is 49.6 Å². The maximum absolute atomic E-state index is 5.34. The van der Waals surface area contributed by atoms with Gasteiger partial charge in [0.05, 0.1) is 28.1 Å². The largest absolute Gasteiger partial charge is 0.309 e. The van der Waals surface area contributed by atoms with Crippen LogP contribution in [0.2, 0.25) is 0 Å². The van der Waals surface area contributed by atoms with E-state index in [9.17, 15) is 0 Å². The molecule has 1 heterocycles. The Morgan fingerprint density at radius 1 is 0.444 bits per heavy atom. The Morgan fingerprint density at radius 3 is 1.63 bits per heavy atom. The van der Waals surface area contributed by atoms with Crippen LogP contribution >= 0.6 is 0 Å². The van der Waals surface area contributed by atoms with Gasteiger partial charge in [-0.05, 0) is 94.4 Å². The number of nitrogens with zero attached hydrogens (tertiary/aromatic N) is 3. The lowest BCUT2D eigenvalue weighted by molar-refractivity contribution is 0.490. The van der Waals surface area contributed by atoms with E-state index in [1.165, 1.54) is 49.5 Å². The monoisotopic (exact) mass is 693 g/mol. The van der Waals surface area contributed by atoms with Crippen LogP contribution < -0.4 is 4.90 Å². The predicted octanol–water partition coefficient (Wildman–Crippen LogP) is 13.8. The number of anilines is 3. The molecule has 0 N–H and O–H groups in total. The first-order valence-corrected chi connectivity index (χ1v) is 19.0. The fraction of sp³-hybridized carbons (Fsp3) is 0.0980. The fourth-order valence-corrected chi connectivity index (χ4v) is 9.00. The molecule has 0 saturated heterocycles. The van der Waals surface area contributed by atoms with Crippen LogP contribution in [0.1, 0.15) is 37.8 Å². The molecule has 0 amide bonds. The molecule has 1 aromatic heterocycles. The van der Waals surface area contributed by atoms with E-state index in [-0.39, 0.29) is 5.41 Å². The number of aromatic nitrogens is 2. The maximum Gasteiger partial charge on any atom is 0.0973 e. The lowest BCUT2D eigenvalue weighted by Gasteiger charge is -2.30. The summed E-state index contributed by atoms with van der Waals surface area (Å²) >= 11 is 0. The van der Waals surface area contributed by atoms with Crippen LogP contribution in [0.15, 0.2) is 176 Å². The van der Waals surface area contributed by atoms with Crippen molar-refractivity contribution in [1.82, 2.24) is 9.97 Å². The van der Waals surface area contributed by atoms with Crippen molar-refractivity contribution in [3.05, 3.63) is 187 Å². The number of para-hydroxylation sites is 3. The first-order valence-electron chi connectivity index (χ1n) is 19.0. The van der Waals surface area contributed by atoms with Crippen LogP contribution in [0.3, 0.4) is 0 Å². The van der Waals surface area contributed by atoms with E-state index in [0.717, 1.165) is 57.8 Å². The van der Waals surface area contributed by atoms with Crippen molar-refractivity contribution in [3.63, 3.8) is 0 Å². The highest BCUT2D eigenvalue weighted by Gasteiger charge is 2.40. The summed E-state index contributed by atoms with van der Waals surface area (Å²) in [5.41, 5.74) is 14.5. The van der Waals surface area contributed by atoms with Crippen molar-refractivity contribution in [2.45, 2.75) is 32.1 Å². The van der Waals surface area contributed by atoms with E-state index >= 15 is 0 Å². The standard InChI is InChI=1S/C51H39N3/c1-3-51(4-2)44-23-13-12-22-42(44)43-31-28-37(33-45(43)51)49-48(52-46-24-14-15-25-47(46)53-49)34-26-29-39(30-27-34)54(38-18-6-5-7-19-38)50-40-20-10-8-16-35(40)32-36-17-9-11-21-41(36)50/h5-33H,3-4H2,1-2H3. The topological polar surface area (TPSA) is 29.0 Å². The Balaban J connectivity index is 1.15. The molecule has 0 atom stereocenters. The third-order valence-corrected chi connectivity index (χ3v) is 11.7. The van der Waals surface area contributed by atoms with E-state index in [0.29, 0.717) is 0 Å². The van der Waals surface area contributed by atoms with Gasteiger partial charge in [-0.25, -0.2) is 9.97 Å². The molecule has 1 aliphatic carbocycles. The summed E-state index contributed by atoms with van der Waals surface area (Å²) in [6, 6.07) is 63.4. The second-order valence-corrected chi connectivity index (χ2v) is 14.4. The van der Waals surface area contributed by atoms with Crippen LogP contribution in [-0.4, -0.2) is 9.97 Å². The quantitative estimate of drug-likeness (QED) is 0.156. The minimum Gasteiger partial charge on any atom is -0.309 e. The van der Waals surface area contributed by atoms with Crippen molar-refractivity contribution < 1.29 is 0 Å². The van der Waals surface area contributed by atoms with Gasteiger partial charge in [-0.15, -0.1) is 0 Å². The number of fused-ring (bicyclic) bond motifs is 6. The number of benzene rings is 8. The normalized spacial score (nSPS) is 12.9. The lowest BCUT2D eigenvalue weighted by atomic mass is 9.73. The molecular formula is C51H39N3. The van der Waals surface area contributed by atoms with E-state index in [4.69, 9.17) is 9.97 Å². The summed E-state index contributed by atoms with van der Waals surface area (Å²) in [5, 5.41) is 4.85. The van der Waals surface area contributed by atoms with E-state index < -0.39 is 0 Å². The summed E-state index contributed by atoms with van der Waals surface area (Å²) in [5.74, 6) is 0. The zero-order valence-electron chi connectivity index (χ0n) is 30.5. The van der Waals surface area contributed by atoms with Crippen LogP contribution in [0.4, 0.5) is 17.1 Å². The molecule has 0 unspecified atom stereocenters. The Hall–Kier alpha value is -6.58. The summed E-state index contributed by atoms with van der Waals surface area (Å²) in [6.45, 7) is 4.65.